The van der Waals surface area contributed by atoms with E-state index in [9.17, 15) is 0 Å². The molecule has 3 aromatic rings. The lowest BCUT2D eigenvalue weighted by atomic mass is 9.94. The van der Waals surface area contributed by atoms with Crippen LogP contribution in [0.1, 0.15) is 11.1 Å². The molecule has 154 valence electrons. The lowest BCUT2D eigenvalue weighted by molar-refractivity contribution is -0.462. The number of hydrogen-bond acceptors (Lipinski definition) is 1. The molecule has 2 nitrogen and oxygen atoms in total. The van der Waals surface area contributed by atoms with Crippen LogP contribution in [0.3, 0.4) is 0 Å². The van der Waals surface area contributed by atoms with Gasteiger partial charge in [-0.1, -0.05) is 66.7 Å². The summed E-state index contributed by atoms with van der Waals surface area (Å²) in [6.07, 6.45) is 13.2. The highest BCUT2D eigenvalue weighted by Crippen LogP contribution is 2.28. The molecule has 0 N–H and O–H groups in total. The van der Waals surface area contributed by atoms with Crippen molar-refractivity contribution in [3.63, 3.8) is 0 Å². The first-order valence-corrected chi connectivity index (χ1v) is 10.6. The van der Waals surface area contributed by atoms with E-state index in [2.05, 4.69) is 141 Å². The van der Waals surface area contributed by atoms with E-state index in [0.29, 0.717) is 0 Å². The number of nitrogens with zero attached hydrogens (tertiary/aromatic N) is 2. The Kier molecular flexibility index (Phi) is 5.99. The highest BCUT2D eigenvalue weighted by molar-refractivity contribution is 6.04. The molecule has 0 saturated carbocycles. The largest absolute Gasteiger partial charge is 0.378 e. The number of hydrogen-bond donors (Lipinski definition) is 0. The Morgan fingerprint density at radius 3 is 2.13 bits per heavy atom. The summed E-state index contributed by atoms with van der Waals surface area (Å²) in [6, 6.07) is 23.8. The van der Waals surface area contributed by atoms with Crippen LogP contribution in [0.15, 0.2) is 103 Å². The molecule has 0 spiro atoms. The fraction of sp³-hybridized carbons (Fsp3) is 0.138. The highest BCUT2D eigenvalue weighted by Gasteiger charge is 2.10. The average molecular weight is 406 g/mol. The Bertz CT molecular complexity index is 1220. The minimum absolute atomic E-state index is 1.20. The summed E-state index contributed by atoms with van der Waals surface area (Å²) in [5.74, 6) is 0. The molecular weight excluding hydrogens is 376 g/mol. The van der Waals surface area contributed by atoms with Crippen LogP contribution in [0.2, 0.25) is 0 Å². The van der Waals surface area contributed by atoms with Crippen LogP contribution in [-0.2, 0) is 0 Å². The summed E-state index contributed by atoms with van der Waals surface area (Å²) >= 11 is 0. The Hall–Kier alpha value is -3.65. The number of benzene rings is 3. The predicted octanol–water partition coefficient (Wildman–Crippen LogP) is 6.21. The Labute approximate surface area is 185 Å². The van der Waals surface area contributed by atoms with Crippen molar-refractivity contribution >= 4 is 33.8 Å². The van der Waals surface area contributed by atoms with Gasteiger partial charge in [-0.15, -0.1) is 0 Å². The predicted molar refractivity (Wildman–Crippen MR) is 136 cm³/mol. The van der Waals surface area contributed by atoms with Crippen LogP contribution in [0.5, 0.6) is 0 Å². The summed E-state index contributed by atoms with van der Waals surface area (Å²) in [6.45, 7) is 0. The molecular formula is C29H29N2+. The standard InChI is InChI=1S/C29H29N2/c1-30(2)26-17-12-24(13-18-26)29(25-14-19-27(20-15-25)31(3)4)21-16-23-10-7-9-22-8-5-6-11-28(22)23/h5-21H,1-4H3/q+1/b21-16+. The van der Waals surface area contributed by atoms with Crippen LogP contribution >= 0.6 is 0 Å². The van der Waals surface area contributed by atoms with Crippen molar-refractivity contribution in [1.29, 1.82) is 0 Å². The number of allylic oxidation sites excluding steroid dienone is 7. The first-order chi connectivity index (χ1) is 15.0. The Morgan fingerprint density at radius 1 is 0.774 bits per heavy atom. The van der Waals surface area contributed by atoms with E-state index < -0.39 is 0 Å². The maximum absolute atomic E-state index is 2.25. The SMILES string of the molecule is CN(C)c1ccc(C(/C=C/c2cccc3ccccc23)=C2C=CC(=[N+](C)C)C=C2)cc1. The molecule has 0 amide bonds. The molecule has 31 heavy (non-hydrogen) atoms. The van der Waals surface area contributed by atoms with Gasteiger partial charge in [-0.2, -0.15) is 0 Å². The van der Waals surface area contributed by atoms with Gasteiger partial charge in [0.25, 0.3) is 0 Å². The molecule has 0 aromatic heterocycles. The topological polar surface area (TPSA) is 6.25 Å². The van der Waals surface area contributed by atoms with Crippen LogP contribution in [0.4, 0.5) is 5.69 Å². The number of anilines is 1. The van der Waals surface area contributed by atoms with Gasteiger partial charge in [0, 0.05) is 31.9 Å². The van der Waals surface area contributed by atoms with Crippen LogP contribution in [-0.4, -0.2) is 38.5 Å². The first-order valence-electron chi connectivity index (χ1n) is 10.6. The molecule has 0 radical (unpaired) electrons. The maximum atomic E-state index is 2.25. The Balaban J connectivity index is 1.80. The van der Waals surface area contributed by atoms with Gasteiger partial charge in [0.1, 0.15) is 14.1 Å². The second-order valence-electron chi connectivity index (χ2n) is 8.20. The fourth-order valence-corrected chi connectivity index (χ4v) is 3.81. The molecule has 4 rings (SSSR count). The summed E-state index contributed by atoms with van der Waals surface area (Å²) in [7, 11) is 8.28. The van der Waals surface area contributed by atoms with Gasteiger partial charge < -0.3 is 4.90 Å². The minimum Gasteiger partial charge on any atom is -0.378 e. The zero-order valence-corrected chi connectivity index (χ0v) is 18.7. The molecule has 0 heterocycles. The quantitative estimate of drug-likeness (QED) is 0.468. The van der Waals surface area contributed by atoms with Gasteiger partial charge in [0.15, 0.2) is 5.71 Å². The van der Waals surface area contributed by atoms with Crippen LogP contribution in [0, 0.1) is 0 Å². The van der Waals surface area contributed by atoms with E-state index in [1.54, 1.807) is 0 Å². The van der Waals surface area contributed by atoms with Gasteiger partial charge in [-0.25, -0.2) is 4.58 Å². The molecule has 3 aromatic carbocycles. The molecule has 0 saturated heterocycles. The monoisotopic (exact) mass is 405 g/mol. The van der Waals surface area contributed by atoms with E-state index in [4.69, 9.17) is 0 Å². The van der Waals surface area contributed by atoms with Crippen molar-refractivity contribution in [2.45, 2.75) is 0 Å². The van der Waals surface area contributed by atoms with Gasteiger partial charge in [0.2, 0.25) is 0 Å². The third-order valence-corrected chi connectivity index (χ3v) is 5.64. The van der Waals surface area contributed by atoms with Crippen molar-refractivity contribution < 1.29 is 4.58 Å². The van der Waals surface area contributed by atoms with Crippen molar-refractivity contribution in [2.24, 2.45) is 0 Å². The first kappa shape index (κ1) is 20.6. The number of fused-ring (bicyclic) bond motifs is 1. The molecule has 0 bridgehead atoms. The van der Waals surface area contributed by atoms with Crippen molar-refractivity contribution in [3.05, 3.63) is 114 Å². The zero-order valence-electron chi connectivity index (χ0n) is 18.7. The highest BCUT2D eigenvalue weighted by atomic mass is 15.1. The van der Waals surface area contributed by atoms with E-state index in [1.165, 1.54) is 44.4 Å². The van der Waals surface area contributed by atoms with Crippen LogP contribution < -0.4 is 4.90 Å². The average Bonchev–Trinajstić information content (AvgIpc) is 2.80. The van der Waals surface area contributed by atoms with Crippen LogP contribution in [0.25, 0.3) is 22.4 Å². The van der Waals surface area contributed by atoms with E-state index >= 15 is 0 Å². The van der Waals surface area contributed by atoms with Gasteiger partial charge in [0.05, 0.1) is 0 Å². The van der Waals surface area contributed by atoms with Crippen molar-refractivity contribution in [3.8, 4) is 0 Å². The lowest BCUT2D eigenvalue weighted by Crippen LogP contribution is -2.10. The second kappa shape index (κ2) is 9.01. The molecule has 0 aliphatic heterocycles. The maximum Gasteiger partial charge on any atom is 0.199 e. The lowest BCUT2D eigenvalue weighted by Gasteiger charge is -2.14. The zero-order chi connectivity index (χ0) is 21.8. The third kappa shape index (κ3) is 4.59. The number of rotatable bonds is 4. The molecule has 0 unspecified atom stereocenters. The Morgan fingerprint density at radius 2 is 1.45 bits per heavy atom. The molecule has 1 aliphatic rings. The van der Waals surface area contributed by atoms with E-state index in [0.717, 1.165) is 0 Å². The minimum atomic E-state index is 1.20. The summed E-state index contributed by atoms with van der Waals surface area (Å²) < 4.78 is 2.13. The normalized spacial score (nSPS) is 13.3. The summed E-state index contributed by atoms with van der Waals surface area (Å²) in [5.41, 5.74) is 7.25. The molecule has 1 aliphatic carbocycles. The van der Waals surface area contributed by atoms with Gasteiger partial charge in [-0.3, -0.25) is 0 Å². The van der Waals surface area contributed by atoms with E-state index in [1.807, 2.05) is 0 Å². The molecule has 0 fully saturated rings. The van der Waals surface area contributed by atoms with E-state index in [-0.39, 0.29) is 0 Å². The van der Waals surface area contributed by atoms with Crippen molar-refractivity contribution in [1.82, 2.24) is 0 Å². The molecule has 0 atom stereocenters. The van der Waals surface area contributed by atoms with Gasteiger partial charge in [-0.05, 0) is 57.3 Å². The third-order valence-electron chi connectivity index (χ3n) is 5.64. The van der Waals surface area contributed by atoms with Gasteiger partial charge >= 0.3 is 0 Å². The summed E-state index contributed by atoms with van der Waals surface area (Å²) in [5, 5.41) is 2.53. The summed E-state index contributed by atoms with van der Waals surface area (Å²) in [4.78, 5) is 2.13. The smallest absolute Gasteiger partial charge is 0.199 e. The molecule has 2 heteroatoms. The van der Waals surface area contributed by atoms with Crippen molar-refractivity contribution in [2.75, 3.05) is 33.1 Å². The fourth-order valence-electron chi connectivity index (χ4n) is 3.81. The second-order valence-corrected chi connectivity index (χ2v) is 8.20.